The molecule has 3 aromatic rings. The lowest BCUT2D eigenvalue weighted by Crippen LogP contribution is -2.39. The van der Waals surface area contributed by atoms with Crippen molar-refractivity contribution in [3.63, 3.8) is 0 Å². The first-order valence-electron chi connectivity index (χ1n) is 11.2. The molecular formula is C23H26N6O3S. The van der Waals surface area contributed by atoms with Crippen LogP contribution in [0.2, 0.25) is 0 Å². The van der Waals surface area contributed by atoms with Crippen molar-refractivity contribution in [2.75, 3.05) is 25.0 Å². The van der Waals surface area contributed by atoms with Gasteiger partial charge in [-0.05, 0) is 36.8 Å². The molecule has 3 heterocycles. The summed E-state index contributed by atoms with van der Waals surface area (Å²) in [7, 11) is 1.66. The van der Waals surface area contributed by atoms with Gasteiger partial charge in [0.15, 0.2) is 10.8 Å². The molecule has 2 aromatic heterocycles. The van der Waals surface area contributed by atoms with Crippen LogP contribution in [-0.4, -0.2) is 46.5 Å². The van der Waals surface area contributed by atoms with Crippen molar-refractivity contribution in [2.45, 2.75) is 38.3 Å². The Morgan fingerprint density at radius 3 is 2.76 bits per heavy atom. The van der Waals surface area contributed by atoms with Gasteiger partial charge in [-0.15, -0.1) is 0 Å². The van der Waals surface area contributed by atoms with E-state index in [2.05, 4.69) is 31.6 Å². The third-order valence-electron chi connectivity index (χ3n) is 6.54. The summed E-state index contributed by atoms with van der Waals surface area (Å²) in [6.07, 6.45) is 4.70. The van der Waals surface area contributed by atoms with Gasteiger partial charge in [0.1, 0.15) is 17.6 Å². The third-order valence-corrected chi connectivity index (χ3v) is 7.63. The molecule has 1 atom stereocenters. The molecule has 0 saturated carbocycles. The Kier molecular flexibility index (Phi) is 5.84. The van der Waals surface area contributed by atoms with Crippen LogP contribution in [0, 0.1) is 5.92 Å². The second-order valence-corrected chi connectivity index (χ2v) is 9.54. The fourth-order valence-electron chi connectivity index (χ4n) is 4.72. The molecule has 1 fully saturated rings. The Balaban J connectivity index is 1.28. The number of rotatable bonds is 5. The van der Waals surface area contributed by atoms with E-state index in [4.69, 9.17) is 0 Å². The number of nitrogens with zero attached hydrogens (tertiary/aromatic N) is 4. The zero-order valence-electron chi connectivity index (χ0n) is 18.4. The van der Waals surface area contributed by atoms with Gasteiger partial charge in [0.25, 0.3) is 5.56 Å². The number of piperidine rings is 1. The predicted octanol–water partition coefficient (Wildman–Crippen LogP) is 1.62. The highest BCUT2D eigenvalue weighted by atomic mass is 32.1. The smallest absolute Gasteiger partial charge is 0.273 e. The topological polar surface area (TPSA) is 109 Å². The molecule has 0 radical (unpaired) electrons. The van der Waals surface area contributed by atoms with Gasteiger partial charge in [0.05, 0.1) is 6.04 Å². The minimum Gasteiger partial charge on any atom is -0.359 e. The minimum absolute atomic E-state index is 0.0151. The van der Waals surface area contributed by atoms with Crippen LogP contribution < -0.4 is 21.1 Å². The fourth-order valence-corrected chi connectivity index (χ4v) is 5.74. The summed E-state index contributed by atoms with van der Waals surface area (Å²) in [5.41, 5.74) is 2.56. The Morgan fingerprint density at radius 2 is 1.97 bits per heavy atom. The van der Waals surface area contributed by atoms with Gasteiger partial charge < -0.3 is 15.5 Å². The number of carbonyl (C=O) groups excluding carboxylic acids is 2. The Labute approximate surface area is 194 Å². The maximum absolute atomic E-state index is 13.0. The lowest BCUT2D eigenvalue weighted by molar-refractivity contribution is -0.125. The van der Waals surface area contributed by atoms with Crippen molar-refractivity contribution >= 4 is 38.6 Å². The molecule has 172 valence electrons. The molecule has 10 heteroatoms. The summed E-state index contributed by atoms with van der Waals surface area (Å²) in [6, 6.07) is 8.11. The first-order valence-corrected chi connectivity index (χ1v) is 12.0. The van der Waals surface area contributed by atoms with Crippen LogP contribution >= 0.6 is 11.3 Å². The summed E-state index contributed by atoms with van der Waals surface area (Å²) in [5, 5.41) is 6.50. The zero-order valence-corrected chi connectivity index (χ0v) is 19.2. The van der Waals surface area contributed by atoms with Crippen LogP contribution in [0.5, 0.6) is 0 Å². The summed E-state index contributed by atoms with van der Waals surface area (Å²) < 4.78 is 1.79. The molecule has 1 aromatic carbocycles. The summed E-state index contributed by atoms with van der Waals surface area (Å²) in [6.45, 7) is 1.33. The molecule has 9 nitrogen and oxygen atoms in total. The highest BCUT2D eigenvalue weighted by molar-refractivity contribution is 7.22. The van der Waals surface area contributed by atoms with Crippen LogP contribution in [0.4, 0.5) is 5.13 Å². The summed E-state index contributed by atoms with van der Waals surface area (Å²) in [4.78, 5) is 48.5. The van der Waals surface area contributed by atoms with Crippen molar-refractivity contribution in [1.29, 1.82) is 0 Å². The van der Waals surface area contributed by atoms with Gasteiger partial charge >= 0.3 is 0 Å². The van der Waals surface area contributed by atoms with Gasteiger partial charge in [-0.25, -0.2) is 4.98 Å². The molecule has 0 spiro atoms. The van der Waals surface area contributed by atoms with E-state index in [1.54, 1.807) is 7.05 Å². The Bertz CT molecular complexity index is 1260. The van der Waals surface area contributed by atoms with Crippen molar-refractivity contribution in [3.8, 4) is 0 Å². The number of aromatic nitrogens is 3. The van der Waals surface area contributed by atoms with E-state index >= 15 is 0 Å². The number of fused-ring (bicyclic) bond motifs is 2. The Morgan fingerprint density at radius 1 is 1.18 bits per heavy atom. The van der Waals surface area contributed by atoms with Crippen molar-refractivity contribution in [1.82, 2.24) is 25.2 Å². The number of anilines is 1. The normalized spacial score (nSPS) is 18.3. The van der Waals surface area contributed by atoms with Crippen molar-refractivity contribution < 1.29 is 9.59 Å². The minimum atomic E-state index is -0.258. The molecule has 33 heavy (non-hydrogen) atoms. The summed E-state index contributed by atoms with van der Waals surface area (Å²) in [5.74, 6) is -0.120. The van der Waals surface area contributed by atoms with E-state index in [-0.39, 0.29) is 35.9 Å². The molecule has 0 bridgehead atoms. The molecule has 5 rings (SSSR count). The lowest BCUT2D eigenvalue weighted by Gasteiger charge is -2.30. The first-order chi connectivity index (χ1) is 16.0. The fraction of sp³-hybridized carbons (Fsp3) is 0.435. The van der Waals surface area contributed by atoms with Gasteiger partial charge in [0.2, 0.25) is 11.8 Å². The quantitative estimate of drug-likeness (QED) is 0.592. The van der Waals surface area contributed by atoms with Crippen LogP contribution in [0.3, 0.4) is 0 Å². The highest BCUT2D eigenvalue weighted by Crippen LogP contribution is 2.31. The van der Waals surface area contributed by atoms with E-state index < -0.39 is 0 Å². The van der Waals surface area contributed by atoms with Gasteiger partial charge in [-0.2, -0.15) is 4.98 Å². The number of aryl methyl sites for hydroxylation is 1. The molecule has 0 unspecified atom stereocenters. The van der Waals surface area contributed by atoms with Crippen molar-refractivity contribution in [3.05, 3.63) is 52.1 Å². The third kappa shape index (κ3) is 4.22. The molecule has 1 aliphatic carbocycles. The van der Waals surface area contributed by atoms with Gasteiger partial charge in [0, 0.05) is 26.1 Å². The predicted molar refractivity (Wildman–Crippen MR) is 126 cm³/mol. The molecular weight excluding hydrogens is 440 g/mol. The SMILES string of the molecule is CNC(=O)C1CCN(c2nc3ncn(CC(=O)N[C@H]4CCc5ccccc54)c(=O)c3s2)CC1. The van der Waals surface area contributed by atoms with Crippen molar-refractivity contribution in [2.24, 2.45) is 5.92 Å². The average molecular weight is 467 g/mol. The van der Waals surface area contributed by atoms with Gasteiger partial charge in [-0.3, -0.25) is 19.0 Å². The standard InChI is InChI=1S/C23H26N6O3S/c1-24-21(31)15-8-10-28(11-9-15)23-27-20-19(33-23)22(32)29(13-25-20)12-18(30)26-17-7-6-14-4-2-3-5-16(14)17/h2-5,13,15,17H,6-12H2,1H3,(H,24,31)(H,26,30)/t17-/m0/s1. The molecule has 2 N–H and O–H groups in total. The average Bonchev–Trinajstić information content (AvgIpc) is 3.46. The van der Waals surface area contributed by atoms with Crippen LogP contribution in [0.1, 0.15) is 36.4 Å². The lowest BCUT2D eigenvalue weighted by atomic mass is 9.96. The largest absolute Gasteiger partial charge is 0.359 e. The van der Waals surface area contributed by atoms with Crippen LogP contribution in [0.25, 0.3) is 10.3 Å². The maximum Gasteiger partial charge on any atom is 0.273 e. The molecule has 1 saturated heterocycles. The molecule has 2 amide bonds. The number of hydrogen-bond donors (Lipinski definition) is 2. The second-order valence-electron chi connectivity index (χ2n) is 8.56. The van der Waals surface area contributed by atoms with E-state index in [1.165, 1.54) is 27.8 Å². The second kappa shape index (κ2) is 8.93. The van der Waals surface area contributed by atoms with E-state index in [9.17, 15) is 14.4 Å². The van der Waals surface area contributed by atoms with E-state index in [1.807, 2.05) is 18.2 Å². The number of carbonyl (C=O) groups is 2. The highest BCUT2D eigenvalue weighted by Gasteiger charge is 2.27. The number of amides is 2. The molecule has 1 aliphatic heterocycles. The maximum atomic E-state index is 13.0. The zero-order chi connectivity index (χ0) is 22.9. The van der Waals surface area contributed by atoms with Crippen LogP contribution in [0.15, 0.2) is 35.4 Å². The Hall–Kier alpha value is -3.27. The summed E-state index contributed by atoms with van der Waals surface area (Å²) >= 11 is 1.30. The van der Waals surface area contributed by atoms with Gasteiger partial charge in [-0.1, -0.05) is 35.6 Å². The number of nitrogens with one attached hydrogen (secondary N) is 2. The van der Waals surface area contributed by atoms with E-state index in [0.717, 1.165) is 36.4 Å². The molecule has 2 aliphatic rings. The number of benzene rings is 1. The first kappa shape index (κ1) is 21.6. The number of hydrogen-bond acceptors (Lipinski definition) is 7. The monoisotopic (exact) mass is 466 g/mol. The number of thiazole rings is 1. The van der Waals surface area contributed by atoms with E-state index in [0.29, 0.717) is 23.4 Å². The van der Waals surface area contributed by atoms with Crippen LogP contribution in [-0.2, 0) is 22.6 Å².